The number of hydrogen-bond acceptors (Lipinski definition) is 8. The van der Waals surface area contributed by atoms with Gasteiger partial charge in [-0.3, -0.25) is 19.9 Å². The zero-order valence-corrected chi connectivity index (χ0v) is 17.2. The van der Waals surface area contributed by atoms with E-state index in [9.17, 15) is 14.9 Å². The third kappa shape index (κ3) is 8.08. The molecule has 0 atom stereocenters. The number of allylic oxidation sites excluding steroid dienone is 1. The lowest BCUT2D eigenvalue weighted by atomic mass is 10.3. The van der Waals surface area contributed by atoms with Gasteiger partial charge in [-0.05, 0) is 45.6 Å². The minimum absolute atomic E-state index is 0.0503. The fraction of sp³-hybridized carbons (Fsp3) is 0.412. The van der Waals surface area contributed by atoms with Crippen molar-refractivity contribution in [3.05, 3.63) is 45.1 Å². The Hall–Kier alpha value is -1.94. The molecule has 0 bridgehead atoms. The molecule has 0 spiro atoms. The number of aldehydes is 1. The first-order valence-electron chi connectivity index (χ1n) is 8.17. The van der Waals surface area contributed by atoms with E-state index in [1.54, 1.807) is 18.2 Å². The van der Waals surface area contributed by atoms with Crippen LogP contribution in [0, 0.1) is 10.1 Å². The molecule has 1 aliphatic heterocycles. The van der Waals surface area contributed by atoms with Crippen LogP contribution in [0.5, 0.6) is 0 Å². The number of nitro benzene ring substituents is 1. The molecule has 0 amide bonds. The van der Waals surface area contributed by atoms with Crippen LogP contribution in [0.15, 0.2) is 44.9 Å². The molecule has 0 aromatic heterocycles. The molecule has 148 valence electrons. The second-order valence-electron chi connectivity index (χ2n) is 6.09. The van der Waals surface area contributed by atoms with E-state index in [1.165, 1.54) is 18.0 Å². The van der Waals surface area contributed by atoms with Gasteiger partial charge in [0.25, 0.3) is 5.69 Å². The van der Waals surface area contributed by atoms with E-state index in [4.69, 9.17) is 17.3 Å². The number of carbonyl (C=O) groups is 1. The van der Waals surface area contributed by atoms with Gasteiger partial charge < -0.3 is 10.6 Å². The zero-order chi connectivity index (χ0) is 20.4. The number of halogens is 1. The van der Waals surface area contributed by atoms with E-state index in [2.05, 4.69) is 4.99 Å². The molecule has 27 heavy (non-hydrogen) atoms. The second-order valence-corrected chi connectivity index (χ2v) is 7.61. The number of para-hydroxylation sites is 1. The minimum atomic E-state index is -0.410. The Morgan fingerprint density at radius 3 is 2.63 bits per heavy atom. The lowest BCUT2D eigenvalue weighted by Crippen LogP contribution is -2.24. The maximum Gasteiger partial charge on any atom is 0.284 e. The number of benzene rings is 1. The van der Waals surface area contributed by atoms with Crippen molar-refractivity contribution >= 4 is 41.2 Å². The number of nitrogens with zero attached hydrogens (tertiary/aromatic N) is 4. The Bertz CT molecular complexity index is 722. The fourth-order valence-electron chi connectivity index (χ4n) is 2.02. The fourth-order valence-corrected chi connectivity index (χ4v) is 3.24. The predicted molar refractivity (Wildman–Crippen MR) is 110 cm³/mol. The zero-order valence-electron chi connectivity index (χ0n) is 15.6. The average molecular weight is 414 g/mol. The molecule has 0 saturated heterocycles. The molecule has 1 heterocycles. The molecule has 0 radical (unpaired) electrons. The van der Waals surface area contributed by atoms with E-state index < -0.39 is 4.92 Å². The molecule has 8 nitrogen and oxygen atoms in total. The number of rotatable bonds is 5. The van der Waals surface area contributed by atoms with Gasteiger partial charge in [0.15, 0.2) is 6.29 Å². The SMILES string of the molecule is CN(C)C.N/C(C=O)=C(/Cl)C1=NCCCN(Sc2ccccc2[N+](=O)[O-])C1. The van der Waals surface area contributed by atoms with Gasteiger partial charge in [0.2, 0.25) is 0 Å². The van der Waals surface area contributed by atoms with Crippen LogP contribution in [0.25, 0.3) is 0 Å². The smallest absolute Gasteiger partial charge is 0.284 e. The summed E-state index contributed by atoms with van der Waals surface area (Å²) < 4.78 is 1.93. The number of hydrogen-bond donors (Lipinski definition) is 1. The first kappa shape index (κ1) is 23.1. The van der Waals surface area contributed by atoms with Gasteiger partial charge >= 0.3 is 0 Å². The van der Waals surface area contributed by atoms with Crippen molar-refractivity contribution in [2.75, 3.05) is 40.8 Å². The van der Waals surface area contributed by atoms with Crippen LogP contribution in [0.1, 0.15) is 6.42 Å². The monoisotopic (exact) mass is 413 g/mol. The van der Waals surface area contributed by atoms with Gasteiger partial charge in [-0.2, -0.15) is 0 Å². The highest BCUT2D eigenvalue weighted by Gasteiger charge is 2.21. The topological polar surface area (TPSA) is 105 Å². The molecular weight excluding hydrogens is 390 g/mol. The number of nitrogens with two attached hydrogens (primary N) is 1. The Morgan fingerprint density at radius 1 is 1.41 bits per heavy atom. The molecule has 0 unspecified atom stereocenters. The molecule has 0 saturated carbocycles. The molecule has 2 N–H and O–H groups in total. The van der Waals surface area contributed by atoms with Gasteiger partial charge in [0.1, 0.15) is 4.90 Å². The van der Waals surface area contributed by atoms with Crippen LogP contribution < -0.4 is 5.73 Å². The summed E-state index contributed by atoms with van der Waals surface area (Å²) in [6, 6.07) is 6.54. The molecule has 2 rings (SSSR count). The number of carbonyl (C=O) groups excluding carboxylic acids is 1. The Balaban J connectivity index is 0.000000828. The van der Waals surface area contributed by atoms with E-state index in [-0.39, 0.29) is 16.4 Å². The van der Waals surface area contributed by atoms with Crippen LogP contribution >= 0.6 is 23.5 Å². The third-order valence-corrected chi connectivity index (χ3v) is 4.67. The summed E-state index contributed by atoms with van der Waals surface area (Å²) in [6.07, 6.45) is 1.26. The van der Waals surface area contributed by atoms with Crippen molar-refractivity contribution in [3.63, 3.8) is 0 Å². The van der Waals surface area contributed by atoms with Gasteiger partial charge in [-0.1, -0.05) is 23.7 Å². The molecule has 1 aliphatic rings. The highest BCUT2D eigenvalue weighted by atomic mass is 35.5. The quantitative estimate of drug-likeness (QED) is 0.260. The summed E-state index contributed by atoms with van der Waals surface area (Å²) >= 11 is 7.35. The second kappa shape index (κ2) is 11.7. The first-order valence-corrected chi connectivity index (χ1v) is 9.32. The lowest BCUT2D eigenvalue weighted by molar-refractivity contribution is -0.387. The van der Waals surface area contributed by atoms with Crippen molar-refractivity contribution in [1.82, 2.24) is 9.21 Å². The summed E-state index contributed by atoms with van der Waals surface area (Å²) in [5.74, 6) is 0. The molecule has 0 aliphatic carbocycles. The maximum atomic E-state index is 11.1. The lowest BCUT2D eigenvalue weighted by Gasteiger charge is -2.19. The number of aliphatic imine (C=N–C) groups is 1. The van der Waals surface area contributed by atoms with E-state index in [0.717, 1.165) is 6.42 Å². The largest absolute Gasteiger partial charge is 0.395 e. The normalized spacial score (nSPS) is 15.8. The van der Waals surface area contributed by atoms with Crippen LogP contribution in [0.2, 0.25) is 0 Å². The van der Waals surface area contributed by atoms with Crippen LogP contribution in [0.3, 0.4) is 0 Å². The Labute approximate surface area is 168 Å². The first-order chi connectivity index (χ1) is 12.8. The van der Waals surface area contributed by atoms with Crippen LogP contribution in [-0.2, 0) is 4.79 Å². The summed E-state index contributed by atoms with van der Waals surface area (Å²) in [5, 5.41) is 11.2. The highest BCUT2D eigenvalue weighted by Crippen LogP contribution is 2.32. The molecule has 1 aromatic carbocycles. The van der Waals surface area contributed by atoms with Crippen molar-refractivity contribution in [1.29, 1.82) is 0 Å². The standard InChI is InChI=1S/C14H15ClN4O3S.C3H9N/c15-14(10(16)9-20)11-8-18(7-3-6-17-11)23-13-5-2-1-4-12(13)19(21)22;1-4(2)3/h1-2,4-5,9H,3,6-8,16H2;1-3H3/b14-10+;. The molecule has 1 aromatic rings. The summed E-state index contributed by atoms with van der Waals surface area (Å²) in [4.78, 5) is 28.3. The van der Waals surface area contributed by atoms with E-state index in [1.807, 2.05) is 30.3 Å². The average Bonchev–Trinajstić information content (AvgIpc) is 2.85. The predicted octanol–water partition coefficient (Wildman–Crippen LogP) is 2.53. The van der Waals surface area contributed by atoms with Crippen molar-refractivity contribution < 1.29 is 9.72 Å². The van der Waals surface area contributed by atoms with Crippen LogP contribution in [0.4, 0.5) is 5.69 Å². The maximum absolute atomic E-state index is 11.1. The summed E-state index contributed by atoms with van der Waals surface area (Å²) in [7, 11) is 6.00. The van der Waals surface area contributed by atoms with Crippen molar-refractivity contribution in [2.45, 2.75) is 11.3 Å². The summed E-state index contributed by atoms with van der Waals surface area (Å²) in [5.41, 5.74) is 6.04. The Kier molecular flexibility index (Phi) is 10.0. The molecule has 0 fully saturated rings. The van der Waals surface area contributed by atoms with E-state index >= 15 is 0 Å². The van der Waals surface area contributed by atoms with Gasteiger partial charge in [-0.25, -0.2) is 4.31 Å². The van der Waals surface area contributed by atoms with Gasteiger partial charge in [0.05, 0.1) is 27.9 Å². The van der Waals surface area contributed by atoms with E-state index in [0.29, 0.717) is 36.5 Å². The number of nitro groups is 1. The summed E-state index contributed by atoms with van der Waals surface area (Å²) in [6.45, 7) is 1.60. The molecular formula is C17H24ClN5O3S. The minimum Gasteiger partial charge on any atom is -0.395 e. The van der Waals surface area contributed by atoms with Crippen molar-refractivity contribution in [2.24, 2.45) is 10.7 Å². The van der Waals surface area contributed by atoms with Crippen molar-refractivity contribution in [3.8, 4) is 0 Å². The van der Waals surface area contributed by atoms with Gasteiger partial charge in [-0.15, -0.1) is 0 Å². The molecule has 10 heteroatoms. The van der Waals surface area contributed by atoms with Crippen LogP contribution in [-0.4, -0.2) is 66.9 Å². The van der Waals surface area contributed by atoms with Gasteiger partial charge in [0, 0.05) is 19.2 Å². The third-order valence-electron chi connectivity index (χ3n) is 3.12. The highest BCUT2D eigenvalue weighted by molar-refractivity contribution is 7.97. The Morgan fingerprint density at radius 2 is 2.04 bits per heavy atom.